The predicted octanol–water partition coefficient (Wildman–Crippen LogP) is 2.39. The molecular weight excluding hydrogens is 457 g/mol. The van der Waals surface area contributed by atoms with Gasteiger partial charge in [-0.3, -0.25) is 14.4 Å². The van der Waals surface area contributed by atoms with Crippen LogP contribution in [0.15, 0.2) is 36.4 Å². The normalized spacial score (nSPS) is 14.9. The van der Waals surface area contributed by atoms with E-state index in [2.05, 4.69) is 10.6 Å². The SMILES string of the molecule is COc1cc(C(=O)N2CCC[C@H]2C(=O)NCCCNC(=O)c2ccc(F)cc2)cc(OC)c1OC. The van der Waals surface area contributed by atoms with E-state index in [9.17, 15) is 18.8 Å². The topological polar surface area (TPSA) is 106 Å². The summed E-state index contributed by atoms with van der Waals surface area (Å²) in [5.41, 5.74) is 0.699. The van der Waals surface area contributed by atoms with Crippen molar-refractivity contribution in [1.82, 2.24) is 15.5 Å². The summed E-state index contributed by atoms with van der Waals surface area (Å²) in [5, 5.41) is 5.57. The fourth-order valence-electron chi connectivity index (χ4n) is 3.98. The third-order valence-corrected chi connectivity index (χ3v) is 5.77. The lowest BCUT2D eigenvalue weighted by molar-refractivity contribution is -0.124. The van der Waals surface area contributed by atoms with Crippen molar-refractivity contribution in [2.75, 3.05) is 41.0 Å². The molecule has 1 fully saturated rings. The van der Waals surface area contributed by atoms with Gasteiger partial charge in [0.05, 0.1) is 21.3 Å². The number of rotatable bonds is 10. The molecule has 1 saturated heterocycles. The number of carbonyl (C=O) groups is 3. The van der Waals surface area contributed by atoms with E-state index in [1.807, 2.05) is 0 Å². The lowest BCUT2D eigenvalue weighted by atomic mass is 10.1. The Hall–Kier alpha value is -3.82. The van der Waals surface area contributed by atoms with Crippen molar-refractivity contribution < 1.29 is 33.0 Å². The number of nitrogens with zero attached hydrogens (tertiary/aromatic N) is 1. The number of methoxy groups -OCH3 is 3. The molecule has 0 unspecified atom stereocenters. The molecule has 9 nitrogen and oxygen atoms in total. The highest BCUT2D eigenvalue weighted by atomic mass is 19.1. The molecule has 1 heterocycles. The molecule has 0 aliphatic carbocycles. The van der Waals surface area contributed by atoms with Crippen LogP contribution in [0.25, 0.3) is 0 Å². The molecule has 1 aliphatic heterocycles. The third-order valence-electron chi connectivity index (χ3n) is 5.77. The minimum absolute atomic E-state index is 0.242. The number of benzene rings is 2. The van der Waals surface area contributed by atoms with E-state index >= 15 is 0 Å². The first-order valence-corrected chi connectivity index (χ1v) is 11.3. The Balaban J connectivity index is 1.53. The van der Waals surface area contributed by atoms with Gasteiger partial charge in [-0.05, 0) is 55.7 Å². The van der Waals surface area contributed by atoms with Crippen LogP contribution in [0.3, 0.4) is 0 Å². The minimum Gasteiger partial charge on any atom is -0.493 e. The van der Waals surface area contributed by atoms with Crippen LogP contribution in [0.5, 0.6) is 17.2 Å². The molecule has 2 aromatic rings. The average molecular weight is 488 g/mol. The van der Waals surface area contributed by atoms with Gasteiger partial charge in [0.2, 0.25) is 11.7 Å². The molecule has 2 aromatic carbocycles. The summed E-state index contributed by atoms with van der Waals surface area (Å²) in [6.07, 6.45) is 1.78. The van der Waals surface area contributed by atoms with Gasteiger partial charge in [-0.15, -0.1) is 0 Å². The van der Waals surface area contributed by atoms with Gasteiger partial charge in [0.25, 0.3) is 11.8 Å². The van der Waals surface area contributed by atoms with E-state index in [1.165, 1.54) is 45.6 Å². The molecule has 188 valence electrons. The average Bonchev–Trinajstić information content (AvgIpc) is 3.37. The molecule has 0 spiro atoms. The van der Waals surface area contributed by atoms with Crippen molar-refractivity contribution in [2.24, 2.45) is 0 Å². The van der Waals surface area contributed by atoms with Crippen molar-refractivity contribution in [1.29, 1.82) is 0 Å². The first kappa shape index (κ1) is 25.8. The zero-order valence-electron chi connectivity index (χ0n) is 20.1. The van der Waals surface area contributed by atoms with E-state index < -0.39 is 11.9 Å². The Bertz CT molecular complexity index is 1030. The Morgan fingerprint density at radius 3 is 2.17 bits per heavy atom. The molecule has 2 N–H and O–H groups in total. The number of hydrogen-bond acceptors (Lipinski definition) is 6. The van der Waals surface area contributed by atoms with E-state index in [-0.39, 0.29) is 17.7 Å². The Kier molecular flexibility index (Phi) is 8.88. The van der Waals surface area contributed by atoms with Crippen molar-refractivity contribution in [3.8, 4) is 17.2 Å². The third kappa shape index (κ3) is 6.20. The van der Waals surface area contributed by atoms with Crippen LogP contribution in [0, 0.1) is 5.82 Å². The van der Waals surface area contributed by atoms with Crippen LogP contribution in [0.2, 0.25) is 0 Å². The molecule has 0 saturated carbocycles. The molecular formula is C25H30FN3O6. The van der Waals surface area contributed by atoms with Crippen LogP contribution >= 0.6 is 0 Å². The van der Waals surface area contributed by atoms with Gasteiger partial charge >= 0.3 is 0 Å². The molecule has 0 bridgehead atoms. The highest BCUT2D eigenvalue weighted by Crippen LogP contribution is 2.38. The van der Waals surface area contributed by atoms with Gasteiger partial charge in [0.1, 0.15) is 11.9 Å². The van der Waals surface area contributed by atoms with Gasteiger partial charge in [-0.1, -0.05) is 0 Å². The maximum absolute atomic E-state index is 13.2. The number of likely N-dealkylation sites (tertiary alicyclic amines) is 1. The number of hydrogen-bond donors (Lipinski definition) is 2. The Morgan fingerprint density at radius 2 is 1.57 bits per heavy atom. The molecule has 1 aliphatic rings. The molecule has 35 heavy (non-hydrogen) atoms. The zero-order chi connectivity index (χ0) is 25.4. The van der Waals surface area contributed by atoms with Crippen molar-refractivity contribution in [3.63, 3.8) is 0 Å². The maximum Gasteiger partial charge on any atom is 0.254 e. The minimum atomic E-state index is -0.588. The largest absolute Gasteiger partial charge is 0.493 e. The van der Waals surface area contributed by atoms with Gasteiger partial charge in [-0.25, -0.2) is 4.39 Å². The first-order chi connectivity index (χ1) is 16.9. The van der Waals surface area contributed by atoms with Gasteiger partial charge in [0, 0.05) is 30.8 Å². The summed E-state index contributed by atoms with van der Waals surface area (Å²) < 4.78 is 28.9. The number of amides is 3. The molecule has 3 amide bonds. The Morgan fingerprint density at radius 1 is 0.943 bits per heavy atom. The van der Waals surface area contributed by atoms with Crippen LogP contribution in [-0.2, 0) is 4.79 Å². The van der Waals surface area contributed by atoms with Gasteiger partial charge < -0.3 is 29.7 Å². The molecule has 0 aromatic heterocycles. The maximum atomic E-state index is 13.2. The highest BCUT2D eigenvalue weighted by Gasteiger charge is 2.35. The molecule has 3 rings (SSSR count). The van der Waals surface area contributed by atoms with Crippen LogP contribution in [0.4, 0.5) is 4.39 Å². The monoisotopic (exact) mass is 487 g/mol. The number of ether oxygens (including phenoxy) is 3. The standard InChI is InChI=1S/C25H30FN3O6/c1-33-20-14-17(15-21(34-2)22(20)35-3)25(32)29-13-4-6-19(29)24(31)28-12-5-11-27-23(30)16-7-9-18(26)10-8-16/h7-10,14-15,19H,4-6,11-13H2,1-3H3,(H,27,30)(H,28,31)/t19-/m0/s1. The second-order valence-electron chi connectivity index (χ2n) is 7.98. The lowest BCUT2D eigenvalue weighted by Gasteiger charge is -2.25. The van der Waals surface area contributed by atoms with E-state index in [4.69, 9.17) is 14.2 Å². The highest BCUT2D eigenvalue weighted by molar-refractivity contribution is 5.99. The van der Waals surface area contributed by atoms with Crippen LogP contribution < -0.4 is 24.8 Å². The predicted molar refractivity (Wildman–Crippen MR) is 127 cm³/mol. The smallest absolute Gasteiger partial charge is 0.254 e. The first-order valence-electron chi connectivity index (χ1n) is 11.3. The summed E-state index contributed by atoms with van der Waals surface area (Å²) in [5.74, 6) is -0.158. The van der Waals surface area contributed by atoms with Gasteiger partial charge in [0.15, 0.2) is 11.5 Å². The summed E-state index contributed by atoms with van der Waals surface area (Å²) in [7, 11) is 4.43. The number of halogens is 1. The second-order valence-corrected chi connectivity index (χ2v) is 7.98. The number of carbonyl (C=O) groups excluding carboxylic acids is 3. The Labute approximate surface area is 203 Å². The zero-order valence-corrected chi connectivity index (χ0v) is 20.1. The van der Waals surface area contributed by atoms with Crippen LogP contribution in [-0.4, -0.2) is 69.6 Å². The molecule has 10 heteroatoms. The lowest BCUT2D eigenvalue weighted by Crippen LogP contribution is -2.46. The summed E-state index contributed by atoms with van der Waals surface area (Å²) >= 11 is 0. The van der Waals surface area contributed by atoms with Crippen LogP contribution in [0.1, 0.15) is 40.0 Å². The summed E-state index contributed by atoms with van der Waals surface area (Å²) in [6.45, 7) is 1.14. The van der Waals surface area contributed by atoms with Crippen molar-refractivity contribution in [3.05, 3.63) is 53.3 Å². The molecule has 0 radical (unpaired) electrons. The van der Waals surface area contributed by atoms with Crippen molar-refractivity contribution >= 4 is 17.7 Å². The number of nitrogens with one attached hydrogen (secondary N) is 2. The summed E-state index contributed by atoms with van der Waals surface area (Å²) in [4.78, 5) is 39.6. The van der Waals surface area contributed by atoms with Gasteiger partial charge in [-0.2, -0.15) is 0 Å². The van der Waals surface area contributed by atoms with E-state index in [1.54, 1.807) is 17.0 Å². The molecule has 1 atom stereocenters. The second kappa shape index (κ2) is 12.0. The van der Waals surface area contributed by atoms with E-state index in [0.717, 1.165) is 0 Å². The fourth-order valence-corrected chi connectivity index (χ4v) is 3.98. The fraction of sp³-hybridized carbons (Fsp3) is 0.400. The van der Waals surface area contributed by atoms with Crippen molar-refractivity contribution in [2.45, 2.75) is 25.3 Å². The van der Waals surface area contributed by atoms with E-state index in [0.29, 0.717) is 67.3 Å². The quantitative estimate of drug-likeness (QED) is 0.499. The summed E-state index contributed by atoms with van der Waals surface area (Å²) in [6, 6.07) is 7.82.